The summed E-state index contributed by atoms with van der Waals surface area (Å²) in [6.45, 7) is 5.10. The van der Waals surface area contributed by atoms with Gasteiger partial charge in [0.2, 0.25) is 0 Å². The molecule has 1 aliphatic rings. The summed E-state index contributed by atoms with van der Waals surface area (Å²) in [6, 6.07) is 7.90. The number of rotatable bonds is 2. The Morgan fingerprint density at radius 1 is 1.20 bits per heavy atom. The van der Waals surface area contributed by atoms with E-state index in [4.69, 9.17) is 0 Å². The highest BCUT2D eigenvalue weighted by Gasteiger charge is 2.24. The highest BCUT2D eigenvalue weighted by atomic mass is 16.2. The summed E-state index contributed by atoms with van der Waals surface area (Å²) in [5, 5.41) is 13.8. The van der Waals surface area contributed by atoms with Crippen molar-refractivity contribution in [1.29, 1.82) is 0 Å². The molecule has 0 saturated carbocycles. The summed E-state index contributed by atoms with van der Waals surface area (Å²) in [4.78, 5) is 18.9. The van der Waals surface area contributed by atoms with Gasteiger partial charge in [-0.1, -0.05) is 17.3 Å². The van der Waals surface area contributed by atoms with Gasteiger partial charge in [0.15, 0.2) is 5.69 Å². The van der Waals surface area contributed by atoms with Crippen LogP contribution >= 0.6 is 0 Å². The molecule has 3 aromatic rings. The molecule has 1 N–H and O–H groups in total. The van der Waals surface area contributed by atoms with Crippen LogP contribution in [0.25, 0.3) is 16.5 Å². The van der Waals surface area contributed by atoms with E-state index in [-0.39, 0.29) is 5.91 Å². The lowest BCUT2D eigenvalue weighted by Crippen LogP contribution is -2.34. The molecule has 0 atom stereocenters. The molecule has 128 valence electrons. The average molecular weight is 336 g/mol. The Bertz CT molecular complexity index is 906. The summed E-state index contributed by atoms with van der Waals surface area (Å²) in [6.07, 6.45) is 4.53. The van der Waals surface area contributed by atoms with Gasteiger partial charge in [-0.25, -0.2) is 4.68 Å². The van der Waals surface area contributed by atoms with Crippen molar-refractivity contribution in [2.45, 2.75) is 13.3 Å². The molecule has 3 heterocycles. The number of pyridine rings is 1. The summed E-state index contributed by atoms with van der Waals surface area (Å²) in [5.74, 6) is -0.0469. The molecule has 0 radical (unpaired) electrons. The molecule has 25 heavy (non-hydrogen) atoms. The number of carbonyl (C=O) groups excluding carboxylic acids is 1. The predicted octanol–water partition coefficient (Wildman–Crippen LogP) is 1.56. The first-order chi connectivity index (χ1) is 12.3. The van der Waals surface area contributed by atoms with Crippen molar-refractivity contribution in [3.63, 3.8) is 0 Å². The van der Waals surface area contributed by atoms with Crippen LogP contribution in [0, 0.1) is 6.92 Å². The zero-order chi connectivity index (χ0) is 17.2. The molecule has 0 unspecified atom stereocenters. The fourth-order valence-electron chi connectivity index (χ4n) is 3.24. The van der Waals surface area contributed by atoms with E-state index in [2.05, 4.69) is 20.6 Å². The van der Waals surface area contributed by atoms with E-state index < -0.39 is 0 Å². The topological polar surface area (TPSA) is 75.9 Å². The van der Waals surface area contributed by atoms with Crippen molar-refractivity contribution in [3.8, 4) is 5.69 Å². The Morgan fingerprint density at radius 3 is 3.04 bits per heavy atom. The second kappa shape index (κ2) is 6.60. The van der Waals surface area contributed by atoms with Crippen LogP contribution in [0.4, 0.5) is 0 Å². The van der Waals surface area contributed by atoms with Gasteiger partial charge in [-0.05, 0) is 32.0 Å². The first kappa shape index (κ1) is 15.7. The Kier molecular flexibility index (Phi) is 4.15. The fourth-order valence-corrected chi connectivity index (χ4v) is 3.24. The third-order valence-electron chi connectivity index (χ3n) is 4.61. The second-order valence-corrected chi connectivity index (χ2v) is 6.20. The second-order valence-electron chi connectivity index (χ2n) is 6.20. The molecule has 1 aliphatic heterocycles. The van der Waals surface area contributed by atoms with Gasteiger partial charge in [-0.15, -0.1) is 5.10 Å². The van der Waals surface area contributed by atoms with Gasteiger partial charge in [0.05, 0.1) is 11.4 Å². The number of aromatic nitrogens is 4. The minimum atomic E-state index is -0.0469. The molecule has 2 aromatic heterocycles. The van der Waals surface area contributed by atoms with Crippen molar-refractivity contribution >= 4 is 16.7 Å². The van der Waals surface area contributed by atoms with Gasteiger partial charge in [-0.2, -0.15) is 0 Å². The predicted molar refractivity (Wildman–Crippen MR) is 94.8 cm³/mol. The molecule has 1 aromatic carbocycles. The van der Waals surface area contributed by atoms with Crippen molar-refractivity contribution in [3.05, 3.63) is 48.0 Å². The molecule has 1 fully saturated rings. The monoisotopic (exact) mass is 336 g/mol. The lowest BCUT2D eigenvalue weighted by atomic mass is 10.1. The van der Waals surface area contributed by atoms with E-state index in [0.717, 1.165) is 48.2 Å². The smallest absolute Gasteiger partial charge is 0.276 e. The van der Waals surface area contributed by atoms with E-state index >= 15 is 0 Å². The van der Waals surface area contributed by atoms with Crippen molar-refractivity contribution < 1.29 is 4.79 Å². The van der Waals surface area contributed by atoms with Crippen LogP contribution < -0.4 is 5.32 Å². The van der Waals surface area contributed by atoms with Crippen molar-refractivity contribution in [2.24, 2.45) is 0 Å². The quantitative estimate of drug-likeness (QED) is 0.768. The van der Waals surface area contributed by atoms with E-state index in [0.29, 0.717) is 12.2 Å². The first-order valence-electron chi connectivity index (χ1n) is 8.51. The van der Waals surface area contributed by atoms with Crippen molar-refractivity contribution in [1.82, 2.24) is 30.2 Å². The number of amides is 1. The maximum absolute atomic E-state index is 12.9. The molecule has 0 spiro atoms. The Morgan fingerprint density at radius 2 is 2.12 bits per heavy atom. The van der Waals surface area contributed by atoms with E-state index in [9.17, 15) is 4.79 Å². The maximum Gasteiger partial charge on any atom is 0.276 e. The van der Waals surface area contributed by atoms with Gasteiger partial charge in [0, 0.05) is 42.8 Å². The Balaban J connectivity index is 1.72. The lowest BCUT2D eigenvalue weighted by molar-refractivity contribution is 0.0759. The summed E-state index contributed by atoms with van der Waals surface area (Å²) in [5.41, 5.74) is 2.08. The lowest BCUT2D eigenvalue weighted by Gasteiger charge is -2.18. The first-order valence-corrected chi connectivity index (χ1v) is 8.51. The van der Waals surface area contributed by atoms with Crippen LogP contribution in [0.15, 0.2) is 36.7 Å². The van der Waals surface area contributed by atoms with Crippen LogP contribution in [0.1, 0.15) is 22.6 Å². The summed E-state index contributed by atoms with van der Waals surface area (Å²) in [7, 11) is 0. The molecule has 7 nitrogen and oxygen atoms in total. The molecular weight excluding hydrogens is 316 g/mol. The van der Waals surface area contributed by atoms with Crippen molar-refractivity contribution in [2.75, 3.05) is 26.2 Å². The van der Waals surface area contributed by atoms with Crippen LogP contribution in [0.3, 0.4) is 0 Å². The van der Waals surface area contributed by atoms with Gasteiger partial charge < -0.3 is 10.2 Å². The maximum atomic E-state index is 12.9. The fraction of sp³-hybridized carbons (Fsp3) is 0.333. The minimum Gasteiger partial charge on any atom is -0.336 e. The normalized spacial score (nSPS) is 15.3. The molecule has 0 bridgehead atoms. The Labute approximate surface area is 145 Å². The zero-order valence-electron chi connectivity index (χ0n) is 14.1. The summed E-state index contributed by atoms with van der Waals surface area (Å²) < 4.78 is 1.74. The van der Waals surface area contributed by atoms with Crippen LogP contribution in [-0.2, 0) is 0 Å². The third-order valence-corrected chi connectivity index (χ3v) is 4.61. The number of hydrogen-bond donors (Lipinski definition) is 1. The molecule has 7 heteroatoms. The van der Waals surface area contributed by atoms with Gasteiger partial charge in [-0.3, -0.25) is 9.78 Å². The largest absolute Gasteiger partial charge is 0.336 e. The van der Waals surface area contributed by atoms with E-state index in [1.807, 2.05) is 42.3 Å². The average Bonchev–Trinajstić information content (AvgIpc) is 2.85. The van der Waals surface area contributed by atoms with Gasteiger partial charge >= 0.3 is 0 Å². The van der Waals surface area contributed by atoms with Crippen LogP contribution in [-0.4, -0.2) is 57.0 Å². The van der Waals surface area contributed by atoms with Crippen LogP contribution in [0.5, 0.6) is 0 Å². The number of benzene rings is 1. The standard InChI is InChI=1S/C18H20N6O/c1-13-17(18(25)23-10-3-7-19-9-11-23)21-22-24(13)16-5-2-4-14-12-20-8-6-15(14)16/h2,4-6,8,12,19H,3,7,9-11H2,1H3. The van der Waals surface area contributed by atoms with Gasteiger partial charge in [0.1, 0.15) is 0 Å². The number of fused-ring (bicyclic) bond motifs is 1. The number of hydrogen-bond acceptors (Lipinski definition) is 5. The third kappa shape index (κ3) is 2.87. The van der Waals surface area contributed by atoms with E-state index in [1.54, 1.807) is 10.9 Å². The Hall–Kier alpha value is -2.80. The SMILES string of the molecule is Cc1c(C(=O)N2CCCNCC2)nnn1-c1cccc2cnccc12. The molecular formula is C18H20N6O. The molecule has 0 aliphatic carbocycles. The van der Waals surface area contributed by atoms with E-state index in [1.165, 1.54) is 0 Å². The molecule has 1 saturated heterocycles. The summed E-state index contributed by atoms with van der Waals surface area (Å²) >= 11 is 0. The number of nitrogens with one attached hydrogen (secondary N) is 1. The van der Waals surface area contributed by atoms with Gasteiger partial charge in [0.25, 0.3) is 5.91 Å². The molecule has 1 amide bonds. The zero-order valence-corrected chi connectivity index (χ0v) is 14.1. The highest BCUT2D eigenvalue weighted by molar-refractivity contribution is 5.94. The molecule has 4 rings (SSSR count). The highest BCUT2D eigenvalue weighted by Crippen LogP contribution is 2.23. The number of carbonyl (C=O) groups is 1. The number of nitrogens with zero attached hydrogens (tertiary/aromatic N) is 5. The van der Waals surface area contributed by atoms with Crippen LogP contribution in [0.2, 0.25) is 0 Å². The minimum absolute atomic E-state index is 0.0469.